The van der Waals surface area contributed by atoms with Crippen molar-refractivity contribution in [2.45, 2.75) is 185 Å². The van der Waals surface area contributed by atoms with Gasteiger partial charge in [0.05, 0.1) is 105 Å². The second kappa shape index (κ2) is 33.9. The normalized spacial score (nSPS) is 22.5. The second-order valence-electron chi connectivity index (χ2n) is 31.2. The number of nitrogens with zero attached hydrogens (tertiary/aromatic N) is 11. The van der Waals surface area contributed by atoms with E-state index in [0.29, 0.717) is 67.9 Å². The van der Waals surface area contributed by atoms with Gasteiger partial charge in [0.15, 0.2) is 29.0 Å². The summed E-state index contributed by atoms with van der Waals surface area (Å²) >= 11 is 0. The Morgan fingerprint density at radius 2 is 0.798 bits per heavy atom. The van der Waals surface area contributed by atoms with E-state index in [-0.39, 0.29) is 75.3 Å². The summed E-state index contributed by atoms with van der Waals surface area (Å²) in [6.07, 6.45) is 15.0. The van der Waals surface area contributed by atoms with Gasteiger partial charge in [-0.3, -0.25) is 53.1 Å². The molecule has 27 nitrogen and oxygen atoms in total. The van der Waals surface area contributed by atoms with Crippen molar-refractivity contribution in [2.75, 3.05) is 101 Å². The Morgan fingerprint density at radius 3 is 1.15 bits per heavy atom. The number of nitrogens with one attached hydrogen (secondary N) is 6. The van der Waals surface area contributed by atoms with Crippen LogP contribution in [0.3, 0.4) is 0 Å². The van der Waals surface area contributed by atoms with Crippen LogP contribution in [0.25, 0.3) is 32.7 Å². The number of ether oxygens (including phenoxy) is 2. The fourth-order valence-electron chi connectivity index (χ4n) is 17.0. The van der Waals surface area contributed by atoms with Gasteiger partial charge in [-0.15, -0.1) is 0 Å². The van der Waals surface area contributed by atoms with Crippen molar-refractivity contribution in [2.24, 2.45) is 0 Å². The fourth-order valence-corrected chi connectivity index (χ4v) is 17.0. The van der Waals surface area contributed by atoms with Crippen LogP contribution in [0.15, 0.2) is 109 Å². The monoisotopic (exact) mass is 1490 g/mol. The largest absolute Gasteiger partial charge is 0.454 e. The Kier molecular flexibility index (Phi) is 23.8. The average molecular weight is 1490 g/mol. The van der Waals surface area contributed by atoms with Crippen molar-refractivity contribution in [1.29, 1.82) is 0 Å². The lowest BCUT2D eigenvalue weighted by atomic mass is 9.77. The lowest BCUT2D eigenvalue weighted by Crippen LogP contribution is -2.63. The first-order valence-electron chi connectivity index (χ1n) is 39.0. The number of aliphatic hydroxyl groups excluding tert-OH is 3. The number of hydrogen-bond acceptors (Lipinski definition) is 21. The van der Waals surface area contributed by atoms with Crippen LogP contribution in [0, 0.1) is 34.6 Å². The van der Waals surface area contributed by atoms with Crippen molar-refractivity contribution in [3.8, 4) is 11.5 Å². The van der Waals surface area contributed by atoms with Crippen molar-refractivity contribution in [3.63, 3.8) is 0 Å². The van der Waals surface area contributed by atoms with Gasteiger partial charge < -0.3 is 66.9 Å². The number of carbonyl (C=O) groups is 3. The van der Waals surface area contributed by atoms with E-state index in [1.807, 2.05) is 113 Å². The molecule has 9 aromatic rings. The number of amides is 3. The van der Waals surface area contributed by atoms with E-state index in [0.717, 1.165) is 174 Å². The molecule has 0 atom stereocenters. The molecule has 3 saturated carbocycles. The number of anilines is 3. The van der Waals surface area contributed by atoms with Gasteiger partial charge in [0.1, 0.15) is 0 Å². The highest BCUT2D eigenvalue weighted by Gasteiger charge is 2.43. The molecule has 6 fully saturated rings. The molecule has 0 unspecified atom stereocenters. The molecule has 4 aliphatic heterocycles. The number of benzene rings is 4. The van der Waals surface area contributed by atoms with E-state index >= 15 is 0 Å². The third kappa shape index (κ3) is 18.0. The van der Waals surface area contributed by atoms with E-state index in [4.69, 9.17) is 9.47 Å². The highest BCUT2D eigenvalue weighted by atomic mass is 16.7. The summed E-state index contributed by atoms with van der Waals surface area (Å²) in [4.78, 5) is 53.9. The maximum atomic E-state index is 12.6. The number of likely N-dealkylation sites (tertiary alicyclic amines) is 3. The highest BCUT2D eigenvalue weighted by molar-refractivity contribution is 5.95. The third-order valence-electron chi connectivity index (χ3n) is 23.3. The van der Waals surface area contributed by atoms with Crippen molar-refractivity contribution < 1.29 is 49.4 Å². The number of hydrogen-bond donors (Lipinski definition) is 11. The molecule has 3 aliphatic carbocycles. The van der Waals surface area contributed by atoms with Crippen LogP contribution in [0.2, 0.25) is 0 Å². The SMILES string of the molecule is Cc1ccc2c(c1)c(NCC(=O)NC1CN(C3CCC(O)(c4ccc(C)nc4)CC3)C1)nn2CCO.Cc1ccc2c(c1)c(NCC(=O)NC1CN(C3CCC(O)(c4ccc(C)nc4)CC3)C1)nn2CCO.Cc1ccc2c(c1)c(NCC(=O)NC1CN(C3CCC(c4ccc5c(c4)OCO5)CC3)C1)nn2CCO. The van der Waals surface area contributed by atoms with Crippen molar-refractivity contribution >= 4 is 67.9 Å². The number of aromatic nitrogens is 8. The zero-order valence-corrected chi connectivity index (χ0v) is 63.4. The summed E-state index contributed by atoms with van der Waals surface area (Å²) in [5, 5.41) is 85.7. The van der Waals surface area contributed by atoms with Gasteiger partial charge in [-0.1, -0.05) is 53.1 Å². The minimum atomic E-state index is -0.784. The molecular weight excluding hydrogens is 1380 g/mol. The molecule has 3 amide bonds. The summed E-state index contributed by atoms with van der Waals surface area (Å²) in [6, 6.07) is 34.4. The Hall–Kier alpha value is -9.32. The molecule has 5 aromatic heterocycles. The van der Waals surface area contributed by atoms with E-state index < -0.39 is 11.2 Å². The first-order chi connectivity index (χ1) is 52.8. The lowest BCUT2D eigenvalue weighted by molar-refractivity contribution is -0.122. The summed E-state index contributed by atoms with van der Waals surface area (Å²) in [6.45, 7) is 17.2. The number of aliphatic hydroxyl groups is 5. The molecule has 0 spiro atoms. The smallest absolute Gasteiger partial charge is 0.239 e. The lowest BCUT2D eigenvalue weighted by Gasteiger charge is -2.48. The molecule has 0 radical (unpaired) electrons. The molecule has 27 heteroatoms. The molecule has 580 valence electrons. The standard InChI is InChI=1S/C28H35N5O4.2C27H36N6O3/c1-18-2-8-24-23(12-18)28(31-33(24)10-11-34)29-14-27(35)30-21-15-32(16-21)22-6-3-19(4-7-22)20-5-9-25-26(13-20)37-17-36-25;2*1-18-3-6-24-23(13-18)26(31-33(24)11-12-34)29-15-25(35)30-21-16-32(17-21)22-7-9-27(36,10-8-22)20-5-4-19(2)28-14-20/h2,5,8-9,12-13,19,21-22,34H,3-4,6-7,10-11,14-17H2,1H3,(H,29,31)(H,30,35);2*3-6,13-14,21-22,34,36H,7-12,15-17H2,1-2H3,(H,29,31)(H,30,35). The minimum Gasteiger partial charge on any atom is -0.454 e. The zero-order valence-electron chi connectivity index (χ0n) is 63.4. The summed E-state index contributed by atoms with van der Waals surface area (Å²) in [5.74, 6) is 4.17. The van der Waals surface area contributed by atoms with Gasteiger partial charge in [-0.05, 0) is 184 Å². The maximum absolute atomic E-state index is 12.6. The molecule has 9 heterocycles. The van der Waals surface area contributed by atoms with Crippen LogP contribution in [0.1, 0.15) is 128 Å². The van der Waals surface area contributed by atoms with Gasteiger partial charge in [-0.2, -0.15) is 15.3 Å². The molecule has 3 saturated heterocycles. The van der Waals surface area contributed by atoms with Crippen LogP contribution >= 0.6 is 0 Å². The average Bonchev–Trinajstić information content (AvgIpc) is 1.41. The quantitative estimate of drug-likeness (QED) is 0.0285. The number of rotatable bonds is 24. The number of aryl methyl sites for hydroxylation is 5. The summed E-state index contributed by atoms with van der Waals surface area (Å²) in [7, 11) is 0. The molecule has 109 heavy (non-hydrogen) atoms. The number of carbonyl (C=O) groups excluding carboxylic acids is 3. The Balaban J connectivity index is 0.000000137. The minimum absolute atomic E-state index is 0.00616. The Bertz CT molecular complexity index is 4430. The third-order valence-corrected chi connectivity index (χ3v) is 23.3. The predicted octanol–water partition coefficient (Wildman–Crippen LogP) is 7.17. The van der Waals surface area contributed by atoms with E-state index in [1.165, 1.54) is 31.2 Å². The maximum Gasteiger partial charge on any atom is 0.239 e. The van der Waals surface area contributed by atoms with Crippen LogP contribution < -0.4 is 41.4 Å². The molecular formula is C82H107N17O10. The van der Waals surface area contributed by atoms with Crippen LogP contribution in [0.4, 0.5) is 17.5 Å². The first-order valence-corrected chi connectivity index (χ1v) is 39.0. The molecule has 16 rings (SSSR count). The summed E-state index contributed by atoms with van der Waals surface area (Å²) < 4.78 is 16.3. The molecule has 11 N–H and O–H groups in total. The van der Waals surface area contributed by atoms with Gasteiger partial charge in [0.2, 0.25) is 24.5 Å². The van der Waals surface area contributed by atoms with Crippen LogP contribution in [0.5, 0.6) is 11.5 Å². The van der Waals surface area contributed by atoms with Crippen molar-refractivity contribution in [3.05, 3.63) is 154 Å². The number of pyridine rings is 2. The van der Waals surface area contributed by atoms with E-state index in [2.05, 4.69) is 90.1 Å². The van der Waals surface area contributed by atoms with Crippen LogP contribution in [-0.4, -0.2) is 219 Å². The van der Waals surface area contributed by atoms with E-state index in [9.17, 15) is 39.9 Å². The zero-order chi connectivity index (χ0) is 75.9. The van der Waals surface area contributed by atoms with Gasteiger partial charge >= 0.3 is 0 Å². The van der Waals surface area contributed by atoms with Crippen molar-refractivity contribution in [1.82, 2.24) is 70.0 Å². The fraction of sp³-hybridized carbons (Fsp3) is 0.512. The molecule has 0 bridgehead atoms. The molecule has 7 aliphatic rings. The summed E-state index contributed by atoms with van der Waals surface area (Å²) in [5.41, 5.74) is 9.71. The Morgan fingerprint density at radius 1 is 0.440 bits per heavy atom. The first kappa shape index (κ1) is 76.4. The second-order valence-corrected chi connectivity index (χ2v) is 31.2. The number of fused-ring (bicyclic) bond motifs is 4. The molecule has 4 aromatic carbocycles. The highest BCUT2D eigenvalue weighted by Crippen LogP contribution is 2.43. The van der Waals surface area contributed by atoms with Gasteiger partial charge in [0.25, 0.3) is 0 Å². The Labute approximate surface area is 636 Å². The van der Waals surface area contributed by atoms with Gasteiger partial charge in [-0.25, -0.2) is 0 Å². The van der Waals surface area contributed by atoms with E-state index in [1.54, 1.807) is 26.4 Å². The van der Waals surface area contributed by atoms with Gasteiger partial charge in [0, 0.05) is 108 Å². The predicted molar refractivity (Wildman–Crippen MR) is 418 cm³/mol. The topological polar surface area (TPSA) is 332 Å². The van der Waals surface area contributed by atoms with Crippen LogP contribution in [-0.2, 0) is 45.2 Å².